The molecule has 162 valence electrons. The number of ether oxygens (including phenoxy) is 1. The number of benzene rings is 3. The minimum absolute atomic E-state index is 0.0318. The molecule has 0 unspecified atom stereocenters. The molecule has 2 amide bonds. The first-order valence-electron chi connectivity index (χ1n) is 10.5. The zero-order valence-corrected chi connectivity index (χ0v) is 18.2. The van der Waals surface area contributed by atoms with Gasteiger partial charge >= 0.3 is 0 Å². The van der Waals surface area contributed by atoms with Crippen LogP contribution in [0.1, 0.15) is 45.7 Å². The molecule has 6 nitrogen and oxygen atoms in total. The van der Waals surface area contributed by atoms with Crippen molar-refractivity contribution in [3.05, 3.63) is 95.1 Å². The SMILES string of the molecule is CCN(CC)C(=O)c1ccc(NC(=O)c2cccc(OCc3ccccc3C#N)c2)cc1. The zero-order valence-electron chi connectivity index (χ0n) is 18.2. The molecule has 0 aliphatic rings. The van der Waals surface area contributed by atoms with E-state index >= 15 is 0 Å². The highest BCUT2D eigenvalue weighted by atomic mass is 16.5. The molecule has 0 radical (unpaired) electrons. The monoisotopic (exact) mass is 427 g/mol. The summed E-state index contributed by atoms with van der Waals surface area (Å²) in [6.07, 6.45) is 0. The number of carbonyl (C=O) groups is 2. The van der Waals surface area contributed by atoms with Crippen LogP contribution in [0.2, 0.25) is 0 Å². The second-order valence-electron chi connectivity index (χ2n) is 7.09. The summed E-state index contributed by atoms with van der Waals surface area (Å²) in [5, 5.41) is 12.0. The van der Waals surface area contributed by atoms with Gasteiger partial charge in [-0.15, -0.1) is 0 Å². The van der Waals surface area contributed by atoms with Crippen LogP contribution in [-0.4, -0.2) is 29.8 Å². The van der Waals surface area contributed by atoms with E-state index in [9.17, 15) is 14.9 Å². The molecule has 32 heavy (non-hydrogen) atoms. The van der Waals surface area contributed by atoms with Crippen molar-refractivity contribution in [2.75, 3.05) is 18.4 Å². The number of nitrogens with one attached hydrogen (secondary N) is 1. The standard InChI is InChI=1S/C26H25N3O3/c1-3-29(4-2)26(31)19-12-14-23(15-13-19)28-25(30)20-10-7-11-24(16-20)32-18-22-9-6-5-8-21(22)17-27/h5-16H,3-4,18H2,1-2H3,(H,28,30). The van der Waals surface area contributed by atoms with Crippen LogP contribution in [0.25, 0.3) is 0 Å². The lowest BCUT2D eigenvalue weighted by molar-refractivity contribution is 0.0773. The lowest BCUT2D eigenvalue weighted by Crippen LogP contribution is -2.30. The second kappa shape index (κ2) is 10.8. The summed E-state index contributed by atoms with van der Waals surface area (Å²) in [4.78, 5) is 26.8. The Bertz CT molecular complexity index is 1130. The molecule has 0 saturated carbocycles. The van der Waals surface area contributed by atoms with Gasteiger partial charge in [-0.3, -0.25) is 9.59 Å². The van der Waals surface area contributed by atoms with Gasteiger partial charge in [-0.05, 0) is 62.4 Å². The summed E-state index contributed by atoms with van der Waals surface area (Å²) in [5.74, 6) is 0.219. The molecular weight excluding hydrogens is 402 g/mol. The average Bonchev–Trinajstić information content (AvgIpc) is 2.84. The molecule has 0 saturated heterocycles. The molecule has 0 bridgehead atoms. The van der Waals surface area contributed by atoms with E-state index < -0.39 is 0 Å². The van der Waals surface area contributed by atoms with Crippen LogP contribution in [0.15, 0.2) is 72.8 Å². The number of nitriles is 1. The maximum absolute atomic E-state index is 12.7. The van der Waals surface area contributed by atoms with Gasteiger partial charge in [0.15, 0.2) is 0 Å². The van der Waals surface area contributed by atoms with E-state index in [2.05, 4.69) is 11.4 Å². The van der Waals surface area contributed by atoms with Crippen molar-refractivity contribution in [1.29, 1.82) is 5.26 Å². The van der Waals surface area contributed by atoms with Gasteiger partial charge in [0.2, 0.25) is 0 Å². The van der Waals surface area contributed by atoms with Gasteiger partial charge in [-0.2, -0.15) is 5.26 Å². The normalized spacial score (nSPS) is 10.2. The first kappa shape index (κ1) is 22.6. The Labute approximate surface area is 188 Å². The lowest BCUT2D eigenvalue weighted by Gasteiger charge is -2.18. The molecule has 0 fully saturated rings. The first-order valence-corrected chi connectivity index (χ1v) is 10.5. The molecule has 1 N–H and O–H groups in total. The van der Waals surface area contributed by atoms with E-state index in [0.29, 0.717) is 41.2 Å². The van der Waals surface area contributed by atoms with Crippen molar-refractivity contribution < 1.29 is 14.3 Å². The van der Waals surface area contributed by atoms with E-state index in [0.717, 1.165) is 5.56 Å². The van der Waals surface area contributed by atoms with Gasteiger partial charge in [0.1, 0.15) is 12.4 Å². The number of hydrogen-bond donors (Lipinski definition) is 1. The molecule has 0 aliphatic carbocycles. The molecule has 0 atom stereocenters. The van der Waals surface area contributed by atoms with Crippen LogP contribution >= 0.6 is 0 Å². The van der Waals surface area contributed by atoms with Gasteiger partial charge in [0.05, 0.1) is 11.6 Å². The maximum Gasteiger partial charge on any atom is 0.255 e. The minimum Gasteiger partial charge on any atom is -0.489 e. The van der Waals surface area contributed by atoms with Gasteiger partial charge in [0, 0.05) is 35.5 Å². The molecule has 6 heteroatoms. The van der Waals surface area contributed by atoms with Crippen molar-refractivity contribution in [3.63, 3.8) is 0 Å². The number of anilines is 1. The van der Waals surface area contributed by atoms with E-state index in [1.807, 2.05) is 26.0 Å². The summed E-state index contributed by atoms with van der Waals surface area (Å²) in [5.41, 5.74) is 2.97. The highest BCUT2D eigenvalue weighted by Crippen LogP contribution is 2.18. The highest BCUT2D eigenvalue weighted by Gasteiger charge is 2.13. The van der Waals surface area contributed by atoms with Crippen LogP contribution in [-0.2, 0) is 6.61 Å². The Kier molecular flexibility index (Phi) is 7.60. The predicted octanol–water partition coefficient (Wildman–Crippen LogP) is 4.87. The quantitative estimate of drug-likeness (QED) is 0.556. The second-order valence-corrected chi connectivity index (χ2v) is 7.09. The summed E-state index contributed by atoms with van der Waals surface area (Å²) in [6, 6.07) is 23.1. The average molecular weight is 428 g/mol. The fourth-order valence-corrected chi connectivity index (χ4v) is 3.24. The van der Waals surface area contributed by atoms with Crippen molar-refractivity contribution >= 4 is 17.5 Å². The van der Waals surface area contributed by atoms with Gasteiger partial charge in [0.25, 0.3) is 11.8 Å². The van der Waals surface area contributed by atoms with Crippen molar-refractivity contribution in [3.8, 4) is 11.8 Å². The summed E-state index contributed by atoms with van der Waals surface area (Å²) >= 11 is 0. The highest BCUT2D eigenvalue weighted by molar-refractivity contribution is 6.04. The number of hydrogen-bond acceptors (Lipinski definition) is 4. The zero-order chi connectivity index (χ0) is 22.9. The van der Waals surface area contributed by atoms with Crippen molar-refractivity contribution in [2.24, 2.45) is 0 Å². The van der Waals surface area contributed by atoms with Crippen molar-refractivity contribution in [1.82, 2.24) is 4.90 Å². The Hall–Kier alpha value is -4.11. The molecule has 3 rings (SSSR count). The van der Waals surface area contributed by atoms with E-state index in [1.165, 1.54) is 0 Å². The molecule has 0 heterocycles. The number of nitrogens with zero attached hydrogens (tertiary/aromatic N) is 2. The third-order valence-corrected chi connectivity index (χ3v) is 5.07. The third kappa shape index (κ3) is 5.52. The third-order valence-electron chi connectivity index (χ3n) is 5.07. The van der Waals surface area contributed by atoms with Crippen molar-refractivity contribution in [2.45, 2.75) is 20.5 Å². The van der Waals surface area contributed by atoms with Crippen LogP contribution in [0.4, 0.5) is 5.69 Å². The maximum atomic E-state index is 12.7. The summed E-state index contributed by atoms with van der Waals surface area (Å²) in [7, 11) is 0. The molecule has 3 aromatic rings. The van der Waals surface area contributed by atoms with Gasteiger partial charge in [-0.25, -0.2) is 0 Å². The van der Waals surface area contributed by atoms with E-state index in [-0.39, 0.29) is 18.4 Å². The molecular formula is C26H25N3O3. The number of amides is 2. The Balaban J connectivity index is 1.64. The summed E-state index contributed by atoms with van der Waals surface area (Å²) < 4.78 is 5.79. The van der Waals surface area contributed by atoms with Gasteiger partial charge < -0.3 is 15.0 Å². The smallest absolute Gasteiger partial charge is 0.255 e. The topological polar surface area (TPSA) is 82.4 Å². The minimum atomic E-state index is -0.282. The Morgan fingerprint density at radius 1 is 0.938 bits per heavy atom. The number of rotatable bonds is 8. The van der Waals surface area contributed by atoms with Crippen LogP contribution in [0.5, 0.6) is 5.75 Å². The fourth-order valence-electron chi connectivity index (χ4n) is 3.24. The van der Waals surface area contributed by atoms with Crippen LogP contribution in [0.3, 0.4) is 0 Å². The van der Waals surface area contributed by atoms with Gasteiger partial charge in [-0.1, -0.05) is 24.3 Å². The number of carbonyl (C=O) groups excluding carboxylic acids is 2. The largest absolute Gasteiger partial charge is 0.489 e. The van der Waals surface area contributed by atoms with Crippen LogP contribution < -0.4 is 10.1 Å². The Morgan fingerprint density at radius 2 is 1.66 bits per heavy atom. The molecule has 0 aromatic heterocycles. The summed E-state index contributed by atoms with van der Waals surface area (Å²) in [6.45, 7) is 5.41. The first-order chi connectivity index (χ1) is 15.5. The van der Waals surface area contributed by atoms with E-state index in [4.69, 9.17) is 4.74 Å². The molecule has 0 spiro atoms. The fraction of sp³-hybridized carbons (Fsp3) is 0.192. The molecule has 3 aromatic carbocycles. The van der Waals surface area contributed by atoms with E-state index in [1.54, 1.807) is 65.6 Å². The molecule has 0 aliphatic heterocycles. The lowest BCUT2D eigenvalue weighted by atomic mass is 10.1. The predicted molar refractivity (Wildman–Crippen MR) is 124 cm³/mol. The van der Waals surface area contributed by atoms with Crippen LogP contribution in [0, 0.1) is 11.3 Å². The Morgan fingerprint density at radius 3 is 2.34 bits per heavy atom.